The van der Waals surface area contributed by atoms with E-state index in [0.717, 1.165) is 5.57 Å². The van der Waals surface area contributed by atoms with Crippen LogP contribution in [-0.2, 0) is 11.1 Å². The number of alkyl halides is 3. The molecule has 0 aliphatic carbocycles. The van der Waals surface area contributed by atoms with Crippen LogP contribution in [0.2, 0.25) is 0 Å². The Labute approximate surface area is 144 Å². The molecule has 2 aromatic rings. The van der Waals surface area contributed by atoms with Crippen LogP contribution in [0.3, 0.4) is 0 Å². The van der Waals surface area contributed by atoms with Crippen molar-refractivity contribution in [1.29, 1.82) is 0 Å². The van der Waals surface area contributed by atoms with Gasteiger partial charge in [-0.3, -0.25) is 0 Å². The molecule has 0 amide bonds. The predicted octanol–water partition coefficient (Wildman–Crippen LogP) is 4.24. The zero-order valence-electron chi connectivity index (χ0n) is 13.5. The summed E-state index contributed by atoms with van der Waals surface area (Å²) in [5, 5.41) is 0.468. The number of nitrogen functional groups attached to an aromatic ring is 1. The fraction of sp³-hybridized carbons (Fsp3) is 0.188. The standard InChI is InChI=1S/C16H16F3N3O2S/c1-4-6-10(5-2)9(3)14-11-7-13(24-25(23)16(17,18)19)21-8-12(11)22-15(14)20/h4-8,22H,3,20H2,1-2H3/b6-4-,10-5+. The summed E-state index contributed by atoms with van der Waals surface area (Å²) in [6.45, 7) is 7.68. The summed E-state index contributed by atoms with van der Waals surface area (Å²) >= 11 is -3.50. The Bertz CT molecular complexity index is 898. The predicted molar refractivity (Wildman–Crippen MR) is 92.9 cm³/mol. The number of fused-ring (bicyclic) bond motifs is 1. The van der Waals surface area contributed by atoms with Crippen molar-refractivity contribution in [2.75, 3.05) is 5.73 Å². The van der Waals surface area contributed by atoms with Crippen molar-refractivity contribution in [2.45, 2.75) is 19.4 Å². The average molecular weight is 371 g/mol. The first-order valence-electron chi connectivity index (χ1n) is 7.11. The van der Waals surface area contributed by atoms with Gasteiger partial charge in [0.15, 0.2) is 0 Å². The van der Waals surface area contributed by atoms with Crippen molar-refractivity contribution in [3.05, 3.63) is 48.2 Å². The van der Waals surface area contributed by atoms with Crippen molar-refractivity contribution < 1.29 is 21.6 Å². The molecule has 0 bridgehead atoms. The molecule has 1 atom stereocenters. The molecular weight excluding hydrogens is 355 g/mol. The zero-order valence-corrected chi connectivity index (χ0v) is 14.3. The van der Waals surface area contributed by atoms with Gasteiger partial charge < -0.3 is 14.9 Å². The van der Waals surface area contributed by atoms with Crippen LogP contribution in [0.4, 0.5) is 19.0 Å². The summed E-state index contributed by atoms with van der Waals surface area (Å²) in [6.07, 6.45) is 6.75. The Morgan fingerprint density at radius 1 is 1.44 bits per heavy atom. The van der Waals surface area contributed by atoms with Gasteiger partial charge in [0.05, 0.1) is 11.7 Å². The first kappa shape index (κ1) is 18.8. The second-order valence-electron chi connectivity index (χ2n) is 4.97. The maximum Gasteiger partial charge on any atom is 0.508 e. The molecule has 25 heavy (non-hydrogen) atoms. The number of aromatic nitrogens is 2. The number of nitrogens with one attached hydrogen (secondary N) is 1. The second-order valence-corrected chi connectivity index (χ2v) is 6.07. The molecule has 2 heterocycles. The van der Waals surface area contributed by atoms with E-state index in [9.17, 15) is 17.4 Å². The highest BCUT2D eigenvalue weighted by molar-refractivity contribution is 7.81. The Balaban J connectivity index is 2.51. The smallest absolute Gasteiger partial charge is 0.385 e. The highest BCUT2D eigenvalue weighted by Crippen LogP contribution is 2.35. The molecule has 0 saturated heterocycles. The zero-order chi connectivity index (χ0) is 18.8. The number of nitrogens with zero attached hydrogens (tertiary/aromatic N) is 1. The van der Waals surface area contributed by atoms with Gasteiger partial charge in [-0.15, -0.1) is 0 Å². The van der Waals surface area contributed by atoms with Crippen molar-refractivity contribution in [3.63, 3.8) is 0 Å². The largest absolute Gasteiger partial charge is 0.508 e. The van der Waals surface area contributed by atoms with Gasteiger partial charge in [-0.05, 0) is 25.0 Å². The van der Waals surface area contributed by atoms with Gasteiger partial charge >= 0.3 is 16.6 Å². The number of aromatic amines is 1. The maximum absolute atomic E-state index is 12.4. The number of pyridine rings is 1. The highest BCUT2D eigenvalue weighted by atomic mass is 32.2. The topological polar surface area (TPSA) is 81.0 Å². The first-order chi connectivity index (χ1) is 11.7. The molecule has 0 saturated carbocycles. The van der Waals surface area contributed by atoms with E-state index in [-0.39, 0.29) is 0 Å². The molecule has 0 spiro atoms. The molecule has 9 heteroatoms. The minimum Gasteiger partial charge on any atom is -0.385 e. The minimum absolute atomic E-state index is 0.291. The van der Waals surface area contributed by atoms with Gasteiger partial charge in [0.1, 0.15) is 5.82 Å². The van der Waals surface area contributed by atoms with Crippen LogP contribution in [0.25, 0.3) is 16.5 Å². The van der Waals surface area contributed by atoms with E-state index in [0.29, 0.717) is 27.9 Å². The molecule has 0 fully saturated rings. The molecule has 0 aliphatic heterocycles. The van der Waals surface area contributed by atoms with Crippen LogP contribution in [0.1, 0.15) is 19.4 Å². The van der Waals surface area contributed by atoms with Crippen LogP contribution in [0, 0.1) is 0 Å². The number of hydrogen-bond donors (Lipinski definition) is 2. The summed E-state index contributed by atoms with van der Waals surface area (Å²) in [6, 6.07) is 1.25. The third-order valence-electron chi connectivity index (χ3n) is 3.34. The van der Waals surface area contributed by atoms with Gasteiger partial charge in [0.25, 0.3) is 0 Å². The van der Waals surface area contributed by atoms with Gasteiger partial charge in [-0.2, -0.15) is 13.2 Å². The van der Waals surface area contributed by atoms with Gasteiger partial charge in [0, 0.05) is 17.0 Å². The number of H-pyrrole nitrogens is 1. The van der Waals surface area contributed by atoms with E-state index < -0.39 is 22.5 Å². The molecule has 0 radical (unpaired) electrons. The number of allylic oxidation sites excluding steroid dienone is 5. The van der Waals surface area contributed by atoms with Crippen molar-refractivity contribution in [2.24, 2.45) is 0 Å². The Kier molecular flexibility index (Phi) is 5.36. The number of hydrogen-bond acceptors (Lipinski definition) is 4. The monoisotopic (exact) mass is 371 g/mol. The third-order valence-corrected chi connectivity index (χ3v) is 4.04. The average Bonchev–Trinajstić information content (AvgIpc) is 2.86. The summed E-state index contributed by atoms with van der Waals surface area (Å²) in [7, 11) is 0. The normalized spacial score (nSPS) is 14.2. The summed E-state index contributed by atoms with van der Waals surface area (Å²) in [4.78, 5) is 6.60. The van der Waals surface area contributed by atoms with E-state index in [1.165, 1.54) is 12.3 Å². The Morgan fingerprint density at radius 2 is 2.12 bits per heavy atom. The van der Waals surface area contributed by atoms with E-state index in [4.69, 9.17) is 5.73 Å². The fourth-order valence-electron chi connectivity index (χ4n) is 2.29. The summed E-state index contributed by atoms with van der Waals surface area (Å²) in [5.74, 6) is -0.135. The van der Waals surface area contributed by atoms with Gasteiger partial charge in [0.2, 0.25) is 5.88 Å². The molecule has 2 rings (SSSR count). The number of rotatable bonds is 5. The van der Waals surface area contributed by atoms with Crippen LogP contribution < -0.4 is 9.92 Å². The van der Waals surface area contributed by atoms with Gasteiger partial charge in [-0.25, -0.2) is 9.19 Å². The lowest BCUT2D eigenvalue weighted by Crippen LogP contribution is -2.21. The highest BCUT2D eigenvalue weighted by Gasteiger charge is 2.40. The second kappa shape index (κ2) is 7.14. The van der Waals surface area contributed by atoms with Gasteiger partial charge in [-0.1, -0.05) is 24.8 Å². The molecule has 0 aliphatic rings. The van der Waals surface area contributed by atoms with Crippen molar-refractivity contribution in [1.82, 2.24) is 9.97 Å². The number of nitrogens with two attached hydrogens (primary N) is 1. The molecule has 5 nitrogen and oxygen atoms in total. The third kappa shape index (κ3) is 3.93. The Morgan fingerprint density at radius 3 is 2.68 bits per heavy atom. The fourth-order valence-corrected chi connectivity index (χ4v) is 2.63. The first-order valence-corrected chi connectivity index (χ1v) is 8.19. The van der Waals surface area contributed by atoms with E-state index in [1.807, 2.05) is 32.1 Å². The summed E-state index contributed by atoms with van der Waals surface area (Å²) in [5.41, 5.74) is 3.39. The molecule has 3 N–H and O–H groups in total. The minimum atomic E-state index is -5.00. The molecular formula is C16H16F3N3O2S. The number of anilines is 1. The van der Waals surface area contributed by atoms with Crippen molar-refractivity contribution >= 4 is 33.4 Å². The SMILES string of the molecule is C=C(C(/C=C\C)=C/C)c1c(N)[nH]c2cnc(OS(=O)C(F)(F)F)cc12. The number of halogens is 3. The maximum atomic E-state index is 12.4. The van der Waals surface area contributed by atoms with Crippen molar-refractivity contribution in [3.8, 4) is 5.88 Å². The molecule has 1 unspecified atom stereocenters. The van der Waals surface area contributed by atoms with Crippen LogP contribution in [0.15, 0.2) is 42.6 Å². The lowest BCUT2D eigenvalue weighted by molar-refractivity contribution is -0.0438. The van der Waals surface area contributed by atoms with E-state index in [1.54, 1.807) is 0 Å². The lowest BCUT2D eigenvalue weighted by atomic mass is 9.98. The summed E-state index contributed by atoms with van der Waals surface area (Å²) < 4.78 is 52.6. The van der Waals surface area contributed by atoms with Crippen LogP contribution >= 0.6 is 0 Å². The molecule has 134 valence electrons. The lowest BCUT2D eigenvalue weighted by Gasteiger charge is -2.09. The molecule has 0 aromatic carbocycles. The van der Waals surface area contributed by atoms with Crippen LogP contribution in [0.5, 0.6) is 5.88 Å². The van der Waals surface area contributed by atoms with E-state index in [2.05, 4.69) is 20.7 Å². The molecule has 2 aromatic heterocycles. The van der Waals surface area contributed by atoms with Crippen LogP contribution in [-0.4, -0.2) is 19.7 Å². The van der Waals surface area contributed by atoms with E-state index >= 15 is 0 Å². The Hall–Kier alpha value is -2.55. The quantitative estimate of drug-likeness (QED) is 0.770.